The Morgan fingerprint density at radius 3 is 2.29 bits per heavy atom. The zero-order valence-electron chi connectivity index (χ0n) is 9.39. The van der Waals surface area contributed by atoms with Crippen LogP contribution < -0.4 is 10.2 Å². The highest BCUT2D eigenvalue weighted by atomic mass is 19.4. The van der Waals surface area contributed by atoms with Gasteiger partial charge in [-0.15, -0.1) is 0 Å². The molecular weight excluding hydrogens is 236 g/mol. The molecule has 0 saturated carbocycles. The molecular formula is C11H14F4N2. The predicted molar refractivity (Wildman–Crippen MR) is 58.6 cm³/mol. The van der Waals surface area contributed by atoms with E-state index in [-0.39, 0.29) is 12.4 Å². The van der Waals surface area contributed by atoms with Gasteiger partial charge in [0.15, 0.2) is 0 Å². The first-order valence-corrected chi connectivity index (χ1v) is 5.13. The maximum absolute atomic E-state index is 12.6. The monoisotopic (exact) mass is 250 g/mol. The summed E-state index contributed by atoms with van der Waals surface area (Å²) in [6, 6.07) is 5.79. The molecule has 0 aliphatic heterocycles. The van der Waals surface area contributed by atoms with Gasteiger partial charge in [-0.2, -0.15) is 13.2 Å². The van der Waals surface area contributed by atoms with Crippen molar-refractivity contribution in [3.05, 3.63) is 30.1 Å². The van der Waals surface area contributed by atoms with Crippen molar-refractivity contribution < 1.29 is 17.6 Å². The van der Waals surface area contributed by atoms with Crippen molar-refractivity contribution >= 4 is 5.69 Å². The van der Waals surface area contributed by atoms with Crippen LogP contribution in [0.5, 0.6) is 0 Å². The largest absolute Gasteiger partial charge is 0.401 e. The van der Waals surface area contributed by atoms with Crippen LogP contribution in [-0.2, 0) is 0 Å². The van der Waals surface area contributed by atoms with E-state index in [0.717, 1.165) is 5.69 Å². The molecule has 0 aliphatic carbocycles. The van der Waals surface area contributed by atoms with E-state index in [1.54, 1.807) is 24.1 Å². The molecule has 0 heterocycles. The summed E-state index contributed by atoms with van der Waals surface area (Å²) in [5, 5.41) is 2.30. The minimum atomic E-state index is -4.19. The molecule has 1 N–H and O–H groups in total. The Labute approximate surface area is 97.2 Å². The van der Waals surface area contributed by atoms with Gasteiger partial charge in [0.1, 0.15) is 5.82 Å². The molecule has 0 fully saturated rings. The number of alkyl halides is 3. The van der Waals surface area contributed by atoms with Crippen LogP contribution in [0.25, 0.3) is 0 Å². The van der Waals surface area contributed by atoms with Crippen molar-refractivity contribution in [2.75, 3.05) is 31.6 Å². The van der Waals surface area contributed by atoms with Gasteiger partial charge < -0.3 is 10.2 Å². The van der Waals surface area contributed by atoms with E-state index < -0.39 is 12.7 Å². The summed E-state index contributed by atoms with van der Waals surface area (Å²) in [4.78, 5) is 1.75. The third kappa shape index (κ3) is 5.53. The molecule has 96 valence electrons. The first-order chi connectivity index (χ1) is 7.88. The molecule has 1 aromatic carbocycles. The lowest BCUT2D eigenvalue weighted by molar-refractivity contribution is -0.124. The summed E-state index contributed by atoms with van der Waals surface area (Å²) in [7, 11) is 1.74. The van der Waals surface area contributed by atoms with E-state index in [9.17, 15) is 17.6 Å². The smallest absolute Gasteiger partial charge is 0.373 e. The van der Waals surface area contributed by atoms with Crippen LogP contribution in [0.1, 0.15) is 0 Å². The summed E-state index contributed by atoms with van der Waals surface area (Å²) in [5.74, 6) is -0.336. The zero-order valence-corrected chi connectivity index (χ0v) is 9.39. The summed E-state index contributed by atoms with van der Waals surface area (Å²) < 4.78 is 48.1. The van der Waals surface area contributed by atoms with Crippen LogP contribution in [0.4, 0.5) is 23.2 Å². The fourth-order valence-corrected chi connectivity index (χ4v) is 1.30. The van der Waals surface area contributed by atoms with Crippen LogP contribution >= 0.6 is 0 Å². The van der Waals surface area contributed by atoms with E-state index in [0.29, 0.717) is 6.54 Å². The topological polar surface area (TPSA) is 15.3 Å². The number of hydrogen-bond acceptors (Lipinski definition) is 2. The van der Waals surface area contributed by atoms with E-state index in [4.69, 9.17) is 0 Å². The van der Waals surface area contributed by atoms with Gasteiger partial charge in [0.25, 0.3) is 0 Å². The Morgan fingerprint density at radius 1 is 1.18 bits per heavy atom. The second-order valence-electron chi connectivity index (χ2n) is 3.69. The van der Waals surface area contributed by atoms with Gasteiger partial charge in [-0.3, -0.25) is 0 Å². The summed E-state index contributed by atoms with van der Waals surface area (Å²) in [6.07, 6.45) is -4.19. The number of likely N-dealkylation sites (N-methyl/N-ethyl adjacent to an activating group) is 1. The average molecular weight is 250 g/mol. The third-order valence-electron chi connectivity index (χ3n) is 2.22. The second kappa shape index (κ2) is 5.86. The Hall–Kier alpha value is -1.30. The molecule has 0 aromatic heterocycles. The molecule has 0 saturated heterocycles. The fourth-order valence-electron chi connectivity index (χ4n) is 1.30. The average Bonchev–Trinajstić information content (AvgIpc) is 2.24. The van der Waals surface area contributed by atoms with Crippen LogP contribution in [0, 0.1) is 5.82 Å². The van der Waals surface area contributed by atoms with Crippen molar-refractivity contribution in [3.63, 3.8) is 0 Å². The van der Waals surface area contributed by atoms with Crippen LogP contribution in [0.3, 0.4) is 0 Å². The molecule has 0 aliphatic rings. The fraction of sp³-hybridized carbons (Fsp3) is 0.455. The number of benzene rings is 1. The van der Waals surface area contributed by atoms with Crippen molar-refractivity contribution in [2.45, 2.75) is 6.18 Å². The van der Waals surface area contributed by atoms with Gasteiger partial charge >= 0.3 is 6.18 Å². The highest BCUT2D eigenvalue weighted by molar-refractivity contribution is 5.45. The SMILES string of the molecule is CN(CCNCC(F)(F)F)c1ccc(F)cc1. The highest BCUT2D eigenvalue weighted by Crippen LogP contribution is 2.13. The normalized spacial score (nSPS) is 11.6. The van der Waals surface area contributed by atoms with Gasteiger partial charge in [0, 0.05) is 25.8 Å². The molecule has 0 atom stereocenters. The summed E-state index contributed by atoms with van der Waals surface area (Å²) in [6.45, 7) is -0.362. The lowest BCUT2D eigenvalue weighted by Gasteiger charge is -2.19. The van der Waals surface area contributed by atoms with Crippen LogP contribution in [0.2, 0.25) is 0 Å². The third-order valence-corrected chi connectivity index (χ3v) is 2.22. The number of anilines is 1. The lowest BCUT2D eigenvalue weighted by atomic mass is 10.3. The Kier molecular flexibility index (Phi) is 4.74. The molecule has 1 rings (SSSR count). The maximum Gasteiger partial charge on any atom is 0.401 e. The molecule has 0 spiro atoms. The van der Waals surface area contributed by atoms with Gasteiger partial charge in [0.05, 0.1) is 6.54 Å². The van der Waals surface area contributed by atoms with E-state index >= 15 is 0 Å². The minimum absolute atomic E-state index is 0.216. The molecule has 0 amide bonds. The molecule has 1 aromatic rings. The first kappa shape index (κ1) is 13.8. The number of nitrogens with one attached hydrogen (secondary N) is 1. The van der Waals surface area contributed by atoms with Gasteiger partial charge in [-0.25, -0.2) is 4.39 Å². The minimum Gasteiger partial charge on any atom is -0.373 e. The van der Waals surface area contributed by atoms with Crippen molar-refractivity contribution in [1.82, 2.24) is 5.32 Å². The Morgan fingerprint density at radius 2 is 1.76 bits per heavy atom. The second-order valence-corrected chi connectivity index (χ2v) is 3.69. The lowest BCUT2D eigenvalue weighted by Crippen LogP contribution is -2.35. The molecule has 0 radical (unpaired) electrons. The standard InChI is InChI=1S/C11H14F4N2/c1-17(7-6-16-8-11(13,14)15)10-4-2-9(12)3-5-10/h2-5,16H,6-8H2,1H3. The highest BCUT2D eigenvalue weighted by Gasteiger charge is 2.25. The molecule has 6 heteroatoms. The van der Waals surface area contributed by atoms with Crippen molar-refractivity contribution in [2.24, 2.45) is 0 Å². The summed E-state index contributed by atoms with van der Waals surface area (Å²) >= 11 is 0. The predicted octanol–water partition coefficient (Wildman–Crippen LogP) is 2.41. The summed E-state index contributed by atoms with van der Waals surface area (Å²) in [5.41, 5.74) is 0.764. The maximum atomic E-state index is 12.6. The van der Waals surface area contributed by atoms with Crippen molar-refractivity contribution in [1.29, 1.82) is 0 Å². The molecule has 17 heavy (non-hydrogen) atoms. The number of rotatable bonds is 5. The van der Waals surface area contributed by atoms with E-state index in [1.165, 1.54) is 12.1 Å². The molecule has 0 unspecified atom stereocenters. The van der Waals surface area contributed by atoms with Crippen molar-refractivity contribution in [3.8, 4) is 0 Å². The van der Waals surface area contributed by atoms with Crippen LogP contribution in [-0.4, -0.2) is 32.9 Å². The molecule has 2 nitrogen and oxygen atoms in total. The number of halogens is 4. The Balaban J connectivity index is 2.30. The molecule has 0 bridgehead atoms. The van der Waals surface area contributed by atoms with Gasteiger partial charge in [0.2, 0.25) is 0 Å². The van der Waals surface area contributed by atoms with Gasteiger partial charge in [-0.05, 0) is 24.3 Å². The number of nitrogens with zero attached hydrogens (tertiary/aromatic N) is 1. The number of hydrogen-bond donors (Lipinski definition) is 1. The zero-order chi connectivity index (χ0) is 12.9. The van der Waals surface area contributed by atoms with E-state index in [1.807, 2.05) is 0 Å². The van der Waals surface area contributed by atoms with Crippen LogP contribution in [0.15, 0.2) is 24.3 Å². The quantitative estimate of drug-likeness (QED) is 0.637. The Bertz CT molecular complexity index is 334. The van der Waals surface area contributed by atoms with Gasteiger partial charge in [-0.1, -0.05) is 0 Å². The first-order valence-electron chi connectivity index (χ1n) is 5.13. The van der Waals surface area contributed by atoms with E-state index in [2.05, 4.69) is 5.32 Å².